The Bertz CT molecular complexity index is 662. The maximum atomic E-state index is 5.05. The van der Waals surface area contributed by atoms with E-state index in [2.05, 4.69) is 89.1 Å². The van der Waals surface area contributed by atoms with Crippen LogP contribution < -0.4 is 5.09 Å². The van der Waals surface area contributed by atoms with Crippen molar-refractivity contribution in [3.63, 3.8) is 0 Å². The van der Waals surface area contributed by atoms with Gasteiger partial charge in [0.15, 0.2) is 0 Å². The summed E-state index contributed by atoms with van der Waals surface area (Å²) in [6, 6.07) is 16.8. The second-order valence-corrected chi connectivity index (χ2v) is 9.88. The zero-order chi connectivity index (χ0) is 17.7. The molecule has 24 heavy (non-hydrogen) atoms. The number of hydrogen-bond acceptors (Lipinski definition) is 1. The SMILES string of the molecule is Cc1cccc(C)c1/N=C(/NP(C(C)C)C(C)C)c1ccccc1. The van der Waals surface area contributed by atoms with Crippen LogP contribution in [0.3, 0.4) is 0 Å². The van der Waals surface area contributed by atoms with E-state index in [9.17, 15) is 0 Å². The van der Waals surface area contributed by atoms with Gasteiger partial charge in [-0.2, -0.15) is 0 Å². The van der Waals surface area contributed by atoms with E-state index >= 15 is 0 Å². The summed E-state index contributed by atoms with van der Waals surface area (Å²) in [6.45, 7) is 13.4. The van der Waals surface area contributed by atoms with Gasteiger partial charge in [0, 0.05) is 5.56 Å². The predicted octanol–water partition coefficient (Wildman–Crippen LogP) is 6.19. The van der Waals surface area contributed by atoms with Crippen LogP contribution in [0.25, 0.3) is 0 Å². The Kier molecular flexibility index (Phi) is 6.57. The largest absolute Gasteiger partial charge is 0.348 e. The van der Waals surface area contributed by atoms with Crippen LogP contribution in [0.5, 0.6) is 0 Å². The molecule has 128 valence electrons. The number of hydrogen-bond donors (Lipinski definition) is 1. The maximum absolute atomic E-state index is 5.05. The van der Waals surface area contributed by atoms with Crippen molar-refractivity contribution in [1.29, 1.82) is 0 Å². The number of aryl methyl sites for hydroxylation is 2. The molecule has 0 aliphatic carbocycles. The third kappa shape index (κ3) is 4.68. The van der Waals surface area contributed by atoms with Crippen molar-refractivity contribution in [3.8, 4) is 0 Å². The standard InChI is InChI=1S/C21H29N2P/c1-15(2)24(16(3)4)23-21(19-13-8-7-9-14-19)22-20-17(5)11-10-12-18(20)6/h7-16H,1-6H3,(H,22,23). The minimum Gasteiger partial charge on any atom is -0.348 e. The van der Waals surface area contributed by atoms with Crippen LogP contribution in [0.2, 0.25) is 0 Å². The second-order valence-electron chi connectivity index (χ2n) is 6.77. The number of para-hydroxylation sites is 1. The van der Waals surface area contributed by atoms with Gasteiger partial charge in [-0.1, -0.05) is 76.2 Å². The fourth-order valence-electron chi connectivity index (χ4n) is 2.82. The summed E-state index contributed by atoms with van der Waals surface area (Å²) in [5.41, 5.74) is 5.85. The Morgan fingerprint density at radius 2 is 1.38 bits per heavy atom. The van der Waals surface area contributed by atoms with Gasteiger partial charge in [-0.3, -0.25) is 0 Å². The molecule has 0 heterocycles. The highest BCUT2D eigenvalue weighted by Gasteiger charge is 2.19. The average molecular weight is 340 g/mol. The summed E-state index contributed by atoms with van der Waals surface area (Å²) in [5, 5.41) is 3.79. The predicted molar refractivity (Wildman–Crippen MR) is 109 cm³/mol. The molecule has 0 saturated heterocycles. The molecule has 2 rings (SSSR count). The van der Waals surface area contributed by atoms with Crippen LogP contribution >= 0.6 is 8.07 Å². The first-order chi connectivity index (χ1) is 11.4. The Labute approximate surface area is 148 Å². The Hall–Kier alpha value is -1.66. The van der Waals surface area contributed by atoms with Crippen molar-refractivity contribution in [3.05, 3.63) is 65.2 Å². The van der Waals surface area contributed by atoms with Crippen molar-refractivity contribution in [1.82, 2.24) is 5.09 Å². The highest BCUT2D eigenvalue weighted by molar-refractivity contribution is 7.57. The molecule has 0 saturated carbocycles. The maximum Gasteiger partial charge on any atom is 0.137 e. The fraction of sp³-hybridized carbons (Fsp3) is 0.381. The molecule has 0 radical (unpaired) electrons. The summed E-state index contributed by atoms with van der Waals surface area (Å²) in [5.74, 6) is 0.988. The number of nitrogens with one attached hydrogen (secondary N) is 1. The lowest BCUT2D eigenvalue weighted by molar-refractivity contribution is 0.990. The van der Waals surface area contributed by atoms with Crippen molar-refractivity contribution >= 4 is 19.6 Å². The number of benzene rings is 2. The first-order valence-corrected chi connectivity index (χ1v) is 10.1. The van der Waals surface area contributed by atoms with Gasteiger partial charge in [0.1, 0.15) is 5.84 Å². The summed E-state index contributed by atoms with van der Waals surface area (Å²) in [6.07, 6.45) is 0. The van der Waals surface area contributed by atoms with Crippen LogP contribution in [0.15, 0.2) is 53.5 Å². The molecule has 0 spiro atoms. The Morgan fingerprint density at radius 1 is 0.833 bits per heavy atom. The van der Waals surface area contributed by atoms with Crippen molar-refractivity contribution in [2.75, 3.05) is 0 Å². The van der Waals surface area contributed by atoms with Gasteiger partial charge >= 0.3 is 0 Å². The number of nitrogens with zero attached hydrogens (tertiary/aromatic N) is 1. The van der Waals surface area contributed by atoms with E-state index in [4.69, 9.17) is 4.99 Å². The molecular weight excluding hydrogens is 311 g/mol. The number of amidine groups is 1. The summed E-state index contributed by atoms with van der Waals surface area (Å²) in [4.78, 5) is 5.05. The normalized spacial score (nSPS) is 12.3. The van der Waals surface area contributed by atoms with Crippen LogP contribution in [0.4, 0.5) is 5.69 Å². The van der Waals surface area contributed by atoms with Crippen molar-refractivity contribution in [2.24, 2.45) is 4.99 Å². The molecule has 2 aromatic rings. The van der Waals surface area contributed by atoms with E-state index in [1.807, 2.05) is 6.07 Å². The molecule has 0 unspecified atom stereocenters. The van der Waals surface area contributed by atoms with Gasteiger partial charge in [-0.15, -0.1) is 0 Å². The number of aliphatic imine (C=N–C) groups is 1. The van der Waals surface area contributed by atoms with Gasteiger partial charge in [0.05, 0.1) is 5.69 Å². The Balaban J connectivity index is 2.50. The molecular formula is C21H29N2P. The monoisotopic (exact) mass is 340 g/mol. The quantitative estimate of drug-likeness (QED) is 0.392. The molecule has 2 aromatic carbocycles. The first kappa shape index (κ1) is 18.7. The molecule has 0 aliphatic heterocycles. The molecule has 1 N–H and O–H groups in total. The summed E-state index contributed by atoms with van der Waals surface area (Å²) >= 11 is 0. The van der Waals surface area contributed by atoms with Gasteiger partial charge < -0.3 is 5.09 Å². The zero-order valence-corrected chi connectivity index (χ0v) is 16.6. The minimum absolute atomic E-state index is 0.338. The minimum atomic E-state index is -0.338. The fourth-order valence-corrected chi connectivity index (χ4v) is 4.95. The third-order valence-corrected chi connectivity index (χ3v) is 6.75. The zero-order valence-electron chi connectivity index (χ0n) is 15.7. The lowest BCUT2D eigenvalue weighted by Crippen LogP contribution is -2.26. The molecule has 0 amide bonds. The van der Waals surface area contributed by atoms with Gasteiger partial charge in [0.2, 0.25) is 0 Å². The molecule has 0 aromatic heterocycles. The van der Waals surface area contributed by atoms with Gasteiger partial charge in [-0.05, 0) is 44.4 Å². The molecule has 0 atom stereocenters. The molecule has 0 bridgehead atoms. The van der Waals surface area contributed by atoms with Crippen LogP contribution in [-0.4, -0.2) is 17.2 Å². The van der Waals surface area contributed by atoms with Gasteiger partial charge in [-0.25, -0.2) is 4.99 Å². The third-order valence-electron chi connectivity index (χ3n) is 4.06. The lowest BCUT2D eigenvalue weighted by Gasteiger charge is -2.28. The van der Waals surface area contributed by atoms with E-state index in [1.165, 1.54) is 11.1 Å². The highest BCUT2D eigenvalue weighted by atomic mass is 31.1. The first-order valence-electron chi connectivity index (χ1n) is 8.65. The summed E-state index contributed by atoms with van der Waals surface area (Å²) < 4.78 is 0. The smallest absolute Gasteiger partial charge is 0.137 e. The van der Waals surface area contributed by atoms with Crippen molar-refractivity contribution < 1.29 is 0 Å². The van der Waals surface area contributed by atoms with E-state index in [0.29, 0.717) is 11.3 Å². The highest BCUT2D eigenvalue weighted by Crippen LogP contribution is 2.42. The molecule has 2 nitrogen and oxygen atoms in total. The van der Waals surface area contributed by atoms with E-state index < -0.39 is 0 Å². The van der Waals surface area contributed by atoms with E-state index in [1.54, 1.807) is 0 Å². The van der Waals surface area contributed by atoms with Crippen LogP contribution in [0.1, 0.15) is 44.4 Å². The second kappa shape index (κ2) is 8.44. The van der Waals surface area contributed by atoms with Crippen LogP contribution in [-0.2, 0) is 0 Å². The van der Waals surface area contributed by atoms with Gasteiger partial charge in [0.25, 0.3) is 0 Å². The summed E-state index contributed by atoms with van der Waals surface area (Å²) in [7, 11) is -0.338. The van der Waals surface area contributed by atoms with E-state index in [-0.39, 0.29) is 8.07 Å². The Morgan fingerprint density at radius 3 is 1.88 bits per heavy atom. The van der Waals surface area contributed by atoms with Crippen LogP contribution in [0, 0.1) is 13.8 Å². The lowest BCUT2D eigenvalue weighted by atomic mass is 10.1. The molecule has 0 aliphatic rings. The topological polar surface area (TPSA) is 24.4 Å². The molecule has 0 fully saturated rings. The van der Waals surface area contributed by atoms with Crippen molar-refractivity contribution in [2.45, 2.75) is 52.9 Å². The average Bonchev–Trinajstić information content (AvgIpc) is 2.54. The van der Waals surface area contributed by atoms with E-state index in [0.717, 1.165) is 17.1 Å². The molecule has 3 heteroatoms. The number of rotatable bonds is 5.